The molecule has 0 radical (unpaired) electrons. The number of carbonyl (C=O) groups excluding carboxylic acids is 1. The van der Waals surface area contributed by atoms with Crippen LogP contribution in [0.3, 0.4) is 0 Å². The Morgan fingerprint density at radius 2 is 2.27 bits per heavy atom. The molecule has 1 fully saturated rings. The Labute approximate surface area is 147 Å². The summed E-state index contributed by atoms with van der Waals surface area (Å²) in [5.74, 6) is 0.264. The average molecular weight is 358 g/mol. The van der Waals surface area contributed by atoms with Gasteiger partial charge in [-0.1, -0.05) is 5.16 Å². The second-order valence-electron chi connectivity index (χ2n) is 5.80. The third kappa shape index (κ3) is 2.80. The van der Waals surface area contributed by atoms with E-state index in [4.69, 9.17) is 15.0 Å². The van der Waals surface area contributed by atoms with E-state index < -0.39 is 18.0 Å². The van der Waals surface area contributed by atoms with E-state index in [1.165, 1.54) is 27.9 Å². The number of aryl methyl sites for hydroxylation is 1. The monoisotopic (exact) mass is 358 g/mol. The van der Waals surface area contributed by atoms with Gasteiger partial charge in [-0.2, -0.15) is 10.1 Å². The quantitative estimate of drug-likeness (QED) is 0.754. The van der Waals surface area contributed by atoms with E-state index in [9.17, 15) is 9.18 Å². The molecule has 0 unspecified atom stereocenters. The summed E-state index contributed by atoms with van der Waals surface area (Å²) in [6.45, 7) is 2.18. The van der Waals surface area contributed by atoms with Crippen molar-refractivity contribution in [1.82, 2.24) is 19.9 Å². The maximum Gasteiger partial charge on any atom is 0.414 e. The zero-order chi connectivity index (χ0) is 18.3. The Kier molecular flexibility index (Phi) is 3.88. The van der Waals surface area contributed by atoms with Crippen LogP contribution in [0.4, 0.5) is 14.9 Å². The summed E-state index contributed by atoms with van der Waals surface area (Å²) in [4.78, 5) is 17.3. The van der Waals surface area contributed by atoms with E-state index in [0.29, 0.717) is 23.0 Å². The first-order valence-electron chi connectivity index (χ1n) is 7.88. The molecule has 3 heterocycles. The molecule has 1 atom stereocenters. The third-order valence-electron chi connectivity index (χ3n) is 4.00. The van der Waals surface area contributed by atoms with Crippen molar-refractivity contribution in [2.24, 2.45) is 5.73 Å². The first-order chi connectivity index (χ1) is 12.5. The van der Waals surface area contributed by atoms with Crippen molar-refractivity contribution >= 4 is 11.8 Å². The van der Waals surface area contributed by atoms with E-state index in [0.717, 1.165) is 0 Å². The fraction of sp³-hybridized carbons (Fsp3) is 0.250. The van der Waals surface area contributed by atoms with Gasteiger partial charge >= 0.3 is 6.09 Å². The summed E-state index contributed by atoms with van der Waals surface area (Å²) < 4.78 is 26.0. The minimum Gasteiger partial charge on any atom is -0.443 e. The number of halogens is 1. The highest BCUT2D eigenvalue weighted by Gasteiger charge is 2.31. The number of cyclic esters (lactones) is 1. The van der Waals surface area contributed by atoms with Crippen LogP contribution in [0.1, 0.15) is 5.89 Å². The Balaban J connectivity index is 1.61. The molecule has 1 aliphatic heterocycles. The largest absolute Gasteiger partial charge is 0.443 e. The van der Waals surface area contributed by atoms with Gasteiger partial charge in [0.1, 0.15) is 11.8 Å². The fourth-order valence-corrected chi connectivity index (χ4v) is 2.69. The molecule has 26 heavy (non-hydrogen) atoms. The van der Waals surface area contributed by atoms with Gasteiger partial charge < -0.3 is 15.0 Å². The zero-order valence-electron chi connectivity index (χ0n) is 13.8. The van der Waals surface area contributed by atoms with Crippen molar-refractivity contribution in [2.45, 2.75) is 13.0 Å². The second kappa shape index (κ2) is 6.23. The topological polar surface area (TPSA) is 112 Å². The van der Waals surface area contributed by atoms with Crippen molar-refractivity contribution in [2.75, 3.05) is 18.0 Å². The number of hydrogen-bond acceptors (Lipinski definition) is 7. The number of rotatable bonds is 4. The smallest absolute Gasteiger partial charge is 0.414 e. The number of carbonyl (C=O) groups is 1. The van der Waals surface area contributed by atoms with Gasteiger partial charge in [0.05, 0.1) is 24.0 Å². The number of aromatic nitrogens is 4. The summed E-state index contributed by atoms with van der Waals surface area (Å²) in [6.07, 6.45) is 2.18. The SMILES string of the molecule is Cc1nc(-c2cnn(-c3ccc(N4C[C@H](CN)OC4=O)cc3F)c2)no1. The number of nitrogens with two attached hydrogens (primary N) is 1. The van der Waals surface area contributed by atoms with E-state index in [2.05, 4.69) is 15.2 Å². The van der Waals surface area contributed by atoms with Crippen LogP contribution in [0.5, 0.6) is 0 Å². The van der Waals surface area contributed by atoms with Gasteiger partial charge in [-0.05, 0) is 18.2 Å². The number of amides is 1. The van der Waals surface area contributed by atoms with Crippen molar-refractivity contribution in [3.05, 3.63) is 42.3 Å². The molecule has 2 aromatic heterocycles. The maximum atomic E-state index is 14.6. The summed E-state index contributed by atoms with van der Waals surface area (Å²) in [6, 6.07) is 4.42. The minimum absolute atomic E-state index is 0.217. The van der Waals surface area contributed by atoms with Gasteiger partial charge in [-0.3, -0.25) is 4.90 Å². The molecule has 4 rings (SSSR count). The van der Waals surface area contributed by atoms with Crippen molar-refractivity contribution in [1.29, 1.82) is 0 Å². The summed E-state index contributed by atoms with van der Waals surface area (Å²) in [7, 11) is 0. The van der Waals surface area contributed by atoms with Gasteiger partial charge in [0, 0.05) is 19.7 Å². The van der Waals surface area contributed by atoms with E-state index in [-0.39, 0.29) is 18.8 Å². The lowest BCUT2D eigenvalue weighted by molar-refractivity contribution is 0.145. The van der Waals surface area contributed by atoms with Crippen molar-refractivity contribution in [3.63, 3.8) is 0 Å². The maximum absolute atomic E-state index is 14.6. The van der Waals surface area contributed by atoms with Crippen LogP contribution in [-0.2, 0) is 4.74 Å². The van der Waals surface area contributed by atoms with Crippen molar-refractivity contribution < 1.29 is 18.4 Å². The van der Waals surface area contributed by atoms with Gasteiger partial charge in [0.15, 0.2) is 5.82 Å². The molecule has 0 spiro atoms. The summed E-state index contributed by atoms with van der Waals surface area (Å²) >= 11 is 0. The highest BCUT2D eigenvalue weighted by atomic mass is 19.1. The summed E-state index contributed by atoms with van der Waals surface area (Å²) in [5.41, 5.74) is 6.73. The van der Waals surface area contributed by atoms with Gasteiger partial charge in [-0.25, -0.2) is 13.9 Å². The fourth-order valence-electron chi connectivity index (χ4n) is 2.69. The Hall–Kier alpha value is -3.27. The lowest BCUT2D eigenvalue weighted by atomic mass is 10.2. The van der Waals surface area contributed by atoms with Crippen LogP contribution < -0.4 is 10.6 Å². The molecule has 134 valence electrons. The molecule has 1 amide bonds. The molecule has 0 saturated carbocycles. The number of hydrogen-bond donors (Lipinski definition) is 1. The van der Waals surface area contributed by atoms with Crippen LogP contribution in [0.25, 0.3) is 17.1 Å². The normalized spacial score (nSPS) is 17.0. The van der Waals surface area contributed by atoms with Crippen LogP contribution >= 0.6 is 0 Å². The molecule has 10 heteroatoms. The van der Waals surface area contributed by atoms with E-state index in [1.807, 2.05) is 0 Å². The van der Waals surface area contributed by atoms with Crippen LogP contribution in [-0.4, -0.2) is 45.2 Å². The zero-order valence-corrected chi connectivity index (χ0v) is 13.8. The number of ether oxygens (including phenoxy) is 1. The molecule has 9 nitrogen and oxygen atoms in total. The number of nitrogens with zero attached hydrogens (tertiary/aromatic N) is 5. The molecule has 1 saturated heterocycles. The van der Waals surface area contributed by atoms with Crippen molar-refractivity contribution in [3.8, 4) is 17.1 Å². The van der Waals surface area contributed by atoms with Gasteiger partial charge in [0.25, 0.3) is 0 Å². The molecule has 2 N–H and O–H groups in total. The molecular weight excluding hydrogens is 343 g/mol. The third-order valence-corrected chi connectivity index (χ3v) is 4.00. The predicted molar refractivity (Wildman–Crippen MR) is 88.2 cm³/mol. The molecule has 3 aromatic rings. The van der Waals surface area contributed by atoms with E-state index in [1.54, 1.807) is 19.2 Å². The average Bonchev–Trinajstić information content (AvgIpc) is 3.34. The Morgan fingerprint density at radius 1 is 1.42 bits per heavy atom. The molecule has 1 aliphatic rings. The molecule has 0 bridgehead atoms. The Morgan fingerprint density at radius 3 is 2.92 bits per heavy atom. The highest BCUT2D eigenvalue weighted by Crippen LogP contribution is 2.26. The molecular formula is C16H15FN6O3. The summed E-state index contributed by atoms with van der Waals surface area (Å²) in [5, 5.41) is 7.94. The van der Waals surface area contributed by atoms with Crippen LogP contribution in [0, 0.1) is 12.7 Å². The van der Waals surface area contributed by atoms with Crippen LogP contribution in [0.15, 0.2) is 35.1 Å². The first kappa shape index (κ1) is 16.2. The predicted octanol–water partition coefficient (Wildman–Crippen LogP) is 1.65. The number of anilines is 1. The van der Waals surface area contributed by atoms with Gasteiger partial charge in [-0.15, -0.1) is 0 Å². The van der Waals surface area contributed by atoms with Crippen LogP contribution in [0.2, 0.25) is 0 Å². The minimum atomic E-state index is -0.540. The molecule has 1 aromatic carbocycles. The first-order valence-corrected chi connectivity index (χ1v) is 7.88. The Bertz CT molecular complexity index is 969. The van der Waals surface area contributed by atoms with Gasteiger partial charge in [0.2, 0.25) is 11.7 Å². The lowest BCUT2D eigenvalue weighted by Gasteiger charge is -2.14. The van der Waals surface area contributed by atoms with E-state index >= 15 is 0 Å². The standard InChI is InChI=1S/C16H15FN6O3/c1-9-20-15(21-26-9)10-6-19-23(7-10)14-3-2-11(4-13(14)17)22-8-12(5-18)25-16(22)24/h2-4,6-7,12H,5,8,18H2,1H3/t12-/m0/s1. The number of benzene rings is 1. The highest BCUT2D eigenvalue weighted by molar-refractivity contribution is 5.89. The molecule has 0 aliphatic carbocycles. The lowest BCUT2D eigenvalue weighted by Crippen LogP contribution is -2.27. The second-order valence-corrected chi connectivity index (χ2v) is 5.80.